The second kappa shape index (κ2) is 7.10. The summed E-state index contributed by atoms with van der Waals surface area (Å²) in [6.45, 7) is 2.40. The molecule has 0 aromatic carbocycles. The van der Waals surface area contributed by atoms with Gasteiger partial charge in [-0.1, -0.05) is 13.0 Å². The number of alkyl halides is 3. The van der Waals surface area contributed by atoms with Gasteiger partial charge < -0.3 is 10.2 Å². The Balaban J connectivity index is 1.65. The first-order valence-corrected chi connectivity index (χ1v) is 9.53. The Kier molecular flexibility index (Phi) is 4.76. The number of likely N-dealkylation sites (tertiary alicyclic amines) is 1. The first kappa shape index (κ1) is 18.8. The molecule has 150 valence electrons. The van der Waals surface area contributed by atoms with Crippen LogP contribution in [0.1, 0.15) is 60.9 Å². The molecule has 6 nitrogen and oxygen atoms in total. The Morgan fingerprint density at radius 2 is 2.18 bits per heavy atom. The van der Waals surface area contributed by atoms with E-state index in [0.717, 1.165) is 11.1 Å². The second-order valence-corrected chi connectivity index (χ2v) is 7.31. The summed E-state index contributed by atoms with van der Waals surface area (Å²) >= 11 is 0. The van der Waals surface area contributed by atoms with Crippen molar-refractivity contribution in [1.82, 2.24) is 19.7 Å². The van der Waals surface area contributed by atoms with Crippen LogP contribution in [-0.2, 0) is 0 Å². The Morgan fingerprint density at radius 1 is 1.36 bits per heavy atom. The third-order valence-electron chi connectivity index (χ3n) is 5.52. The molecule has 1 N–H and O–H groups in total. The van der Waals surface area contributed by atoms with Crippen LogP contribution in [0.2, 0.25) is 0 Å². The molecule has 2 aliphatic rings. The summed E-state index contributed by atoms with van der Waals surface area (Å²) in [6, 6.07) is 4.53. The van der Waals surface area contributed by atoms with Crippen LogP contribution in [0, 0.1) is 0 Å². The molecule has 1 saturated heterocycles. The number of nitrogens with one attached hydrogen (secondary N) is 1. The molecule has 0 bridgehead atoms. The van der Waals surface area contributed by atoms with Crippen molar-refractivity contribution in [3.8, 4) is 0 Å². The summed E-state index contributed by atoms with van der Waals surface area (Å²) in [4.78, 5) is 18.6. The van der Waals surface area contributed by atoms with Crippen LogP contribution < -0.4 is 5.32 Å². The lowest BCUT2D eigenvalue weighted by molar-refractivity contribution is -0.173. The second-order valence-electron chi connectivity index (χ2n) is 7.31. The van der Waals surface area contributed by atoms with E-state index in [0.29, 0.717) is 36.6 Å². The molecular weight excluding hydrogens is 371 g/mol. The number of carbonyl (C=O) groups is 1. The van der Waals surface area contributed by atoms with Crippen molar-refractivity contribution < 1.29 is 18.0 Å². The van der Waals surface area contributed by atoms with E-state index >= 15 is 0 Å². The zero-order valence-corrected chi connectivity index (χ0v) is 15.5. The number of hydrogen-bond donors (Lipinski definition) is 1. The molecule has 0 saturated carbocycles. The number of amides is 1. The summed E-state index contributed by atoms with van der Waals surface area (Å²) < 4.78 is 41.8. The van der Waals surface area contributed by atoms with E-state index in [4.69, 9.17) is 0 Å². The highest BCUT2D eigenvalue weighted by Crippen LogP contribution is 2.42. The van der Waals surface area contributed by atoms with Crippen molar-refractivity contribution in [2.45, 2.75) is 56.9 Å². The van der Waals surface area contributed by atoms with Gasteiger partial charge in [-0.2, -0.15) is 18.3 Å². The normalized spacial score (nSPS) is 24.7. The van der Waals surface area contributed by atoms with Crippen LogP contribution in [0.3, 0.4) is 0 Å². The van der Waals surface area contributed by atoms with E-state index < -0.39 is 12.2 Å². The molecule has 9 heteroatoms. The summed E-state index contributed by atoms with van der Waals surface area (Å²) in [5.74, 6) is 0.147. The molecule has 0 aliphatic carbocycles. The summed E-state index contributed by atoms with van der Waals surface area (Å²) in [7, 11) is 0. The topological polar surface area (TPSA) is 63.1 Å². The minimum absolute atomic E-state index is 0.0463. The molecule has 28 heavy (non-hydrogen) atoms. The number of hydrogen-bond acceptors (Lipinski definition) is 4. The molecule has 1 fully saturated rings. The number of nitrogens with zero attached hydrogens (tertiary/aromatic N) is 4. The first-order valence-electron chi connectivity index (χ1n) is 9.53. The molecule has 1 amide bonds. The third kappa shape index (κ3) is 3.33. The molecule has 4 rings (SSSR count). The molecule has 1 unspecified atom stereocenters. The largest absolute Gasteiger partial charge is 0.410 e. The quantitative estimate of drug-likeness (QED) is 0.858. The van der Waals surface area contributed by atoms with Crippen LogP contribution in [-0.4, -0.2) is 44.3 Å². The maximum absolute atomic E-state index is 13.6. The van der Waals surface area contributed by atoms with E-state index in [2.05, 4.69) is 15.4 Å². The molecule has 0 radical (unpaired) electrons. The number of pyridine rings is 1. The molecule has 0 spiro atoms. The lowest BCUT2D eigenvalue weighted by atomic mass is 10.0. The van der Waals surface area contributed by atoms with Gasteiger partial charge in [0, 0.05) is 24.8 Å². The highest BCUT2D eigenvalue weighted by molar-refractivity contribution is 5.92. The predicted molar refractivity (Wildman–Crippen MR) is 96.9 cm³/mol. The molecule has 2 aromatic heterocycles. The van der Waals surface area contributed by atoms with E-state index in [9.17, 15) is 18.0 Å². The minimum Gasteiger partial charge on any atom is -0.367 e. The predicted octanol–water partition coefficient (Wildman–Crippen LogP) is 3.95. The summed E-state index contributed by atoms with van der Waals surface area (Å²) in [5, 5.41) is 7.45. The summed E-state index contributed by atoms with van der Waals surface area (Å²) in [5.41, 5.74) is 0.825. The van der Waals surface area contributed by atoms with Crippen molar-refractivity contribution in [3.05, 3.63) is 41.9 Å². The fourth-order valence-electron chi connectivity index (χ4n) is 4.05. The zero-order valence-electron chi connectivity index (χ0n) is 15.5. The van der Waals surface area contributed by atoms with E-state index in [-0.39, 0.29) is 24.4 Å². The Bertz CT molecular complexity index is 851. The van der Waals surface area contributed by atoms with Gasteiger partial charge in [-0.05, 0) is 37.8 Å². The zero-order chi connectivity index (χ0) is 19.9. The van der Waals surface area contributed by atoms with Crippen LogP contribution in [0.4, 0.5) is 19.0 Å². The van der Waals surface area contributed by atoms with Crippen molar-refractivity contribution in [2.24, 2.45) is 0 Å². The smallest absolute Gasteiger partial charge is 0.367 e. The maximum Gasteiger partial charge on any atom is 0.410 e. The highest BCUT2D eigenvalue weighted by Gasteiger charge is 2.46. The molecule has 3 atom stereocenters. The van der Waals surface area contributed by atoms with Crippen molar-refractivity contribution in [2.75, 3.05) is 11.9 Å². The molecular formula is C19H22F3N5O. The number of rotatable bonds is 3. The first-order chi connectivity index (χ1) is 13.4. The van der Waals surface area contributed by atoms with Crippen molar-refractivity contribution in [1.29, 1.82) is 0 Å². The van der Waals surface area contributed by atoms with Gasteiger partial charge in [-0.25, -0.2) is 4.68 Å². The van der Waals surface area contributed by atoms with Crippen LogP contribution in [0.25, 0.3) is 0 Å². The molecule has 4 heterocycles. The van der Waals surface area contributed by atoms with Gasteiger partial charge in [-0.15, -0.1) is 0 Å². The average Bonchev–Trinajstić information content (AvgIpc) is 3.32. The fourth-order valence-corrected chi connectivity index (χ4v) is 4.05. The van der Waals surface area contributed by atoms with E-state index in [1.807, 2.05) is 6.92 Å². The number of aromatic nitrogens is 3. The number of anilines is 1. The minimum atomic E-state index is -4.37. The summed E-state index contributed by atoms with van der Waals surface area (Å²) in [6.07, 6.45) is -0.818. The molecule has 2 aliphatic heterocycles. The van der Waals surface area contributed by atoms with Gasteiger partial charge in [-0.3, -0.25) is 9.78 Å². The number of halogens is 3. The van der Waals surface area contributed by atoms with Gasteiger partial charge in [0.25, 0.3) is 5.91 Å². The number of carbonyl (C=O) groups excluding carboxylic acids is 1. The SMILES string of the molecule is CC[C@@H]1C[C@H](C(F)(F)F)n2nc(C3CCCN3C(=O)c3ccccn3)cc2N1. The highest BCUT2D eigenvalue weighted by atomic mass is 19.4. The van der Waals surface area contributed by atoms with Crippen LogP contribution in [0.5, 0.6) is 0 Å². The van der Waals surface area contributed by atoms with Gasteiger partial charge in [0.05, 0.1) is 11.7 Å². The Morgan fingerprint density at radius 3 is 2.86 bits per heavy atom. The van der Waals surface area contributed by atoms with Crippen LogP contribution in [0.15, 0.2) is 30.5 Å². The number of fused-ring (bicyclic) bond motifs is 1. The van der Waals surface area contributed by atoms with E-state index in [1.54, 1.807) is 35.4 Å². The van der Waals surface area contributed by atoms with Gasteiger partial charge in [0.2, 0.25) is 0 Å². The fraction of sp³-hybridized carbons (Fsp3) is 0.526. The average molecular weight is 393 g/mol. The maximum atomic E-state index is 13.6. The third-order valence-corrected chi connectivity index (χ3v) is 5.52. The lowest BCUT2D eigenvalue weighted by Gasteiger charge is -2.32. The standard InChI is InChI=1S/C19H22F3N5O/c1-2-12-10-16(19(20,21)22)27-17(24-12)11-14(25-27)15-7-5-9-26(15)18(28)13-6-3-4-8-23-13/h3-4,6,8,11-12,15-16,24H,2,5,7,9-10H2,1H3/t12-,15?,16-/m1/s1. The van der Waals surface area contributed by atoms with Crippen LogP contribution >= 0.6 is 0 Å². The molecule has 2 aromatic rings. The van der Waals surface area contributed by atoms with E-state index in [1.165, 1.54) is 0 Å². The van der Waals surface area contributed by atoms with Crippen molar-refractivity contribution >= 4 is 11.7 Å². The monoisotopic (exact) mass is 393 g/mol. The lowest BCUT2D eigenvalue weighted by Crippen LogP contribution is -2.39. The van der Waals surface area contributed by atoms with Gasteiger partial charge in [0.1, 0.15) is 11.5 Å². The van der Waals surface area contributed by atoms with Gasteiger partial charge >= 0.3 is 6.18 Å². The van der Waals surface area contributed by atoms with Crippen molar-refractivity contribution in [3.63, 3.8) is 0 Å². The Hall–Kier alpha value is -2.58. The van der Waals surface area contributed by atoms with Gasteiger partial charge in [0.15, 0.2) is 6.04 Å². The Labute approximate surface area is 160 Å².